The van der Waals surface area contributed by atoms with Crippen molar-refractivity contribution in [3.05, 3.63) is 101 Å². The molecule has 0 bridgehead atoms. The van der Waals surface area contributed by atoms with Gasteiger partial charge >= 0.3 is 0 Å². The van der Waals surface area contributed by atoms with Gasteiger partial charge in [-0.2, -0.15) is 0 Å². The van der Waals surface area contributed by atoms with Gasteiger partial charge in [-0.05, 0) is 54.7 Å². The lowest BCUT2D eigenvalue weighted by molar-refractivity contribution is -0.115. The lowest BCUT2D eigenvalue weighted by atomic mass is 10.0. The molecule has 0 unspecified atom stereocenters. The molecule has 0 saturated heterocycles. The minimum Gasteiger partial charge on any atom is -0.497 e. The molecule has 3 nitrogen and oxygen atoms in total. The van der Waals surface area contributed by atoms with Crippen LogP contribution >= 0.6 is 0 Å². The van der Waals surface area contributed by atoms with Gasteiger partial charge < -0.3 is 10.1 Å². The number of rotatable bonds is 8. The topological polar surface area (TPSA) is 38.3 Å². The molecule has 3 aromatic rings. The third kappa shape index (κ3) is 6.08. The first-order valence-corrected chi connectivity index (χ1v) is 9.90. The van der Waals surface area contributed by atoms with Crippen LogP contribution in [-0.4, -0.2) is 19.6 Å². The van der Waals surface area contributed by atoms with Crippen molar-refractivity contribution in [2.24, 2.45) is 0 Å². The van der Waals surface area contributed by atoms with Crippen LogP contribution in [0, 0.1) is 6.92 Å². The number of benzene rings is 3. The summed E-state index contributed by atoms with van der Waals surface area (Å²) in [7, 11) is 1.64. The van der Waals surface area contributed by atoms with Gasteiger partial charge in [0.1, 0.15) is 5.75 Å². The molecule has 0 fully saturated rings. The average molecular weight is 386 g/mol. The van der Waals surface area contributed by atoms with Crippen LogP contribution in [0.1, 0.15) is 28.7 Å². The smallest absolute Gasteiger partial charge is 0.251 e. The maximum Gasteiger partial charge on any atom is 0.251 e. The first kappa shape index (κ1) is 20.4. The predicted molar refractivity (Wildman–Crippen MR) is 120 cm³/mol. The van der Waals surface area contributed by atoms with E-state index in [2.05, 4.69) is 36.5 Å². The van der Waals surface area contributed by atoms with Gasteiger partial charge in [0, 0.05) is 12.1 Å². The Balaban J connectivity index is 1.68. The van der Waals surface area contributed by atoms with Crippen molar-refractivity contribution < 1.29 is 9.53 Å². The van der Waals surface area contributed by atoms with Crippen LogP contribution in [0.5, 0.6) is 5.75 Å². The molecule has 0 aliphatic carbocycles. The van der Waals surface area contributed by atoms with E-state index in [1.54, 1.807) is 7.11 Å². The summed E-state index contributed by atoms with van der Waals surface area (Å²) >= 11 is 0. The number of carbonyl (C=O) groups excluding carboxylic acids is 1. The van der Waals surface area contributed by atoms with Gasteiger partial charge in [0.25, 0.3) is 5.91 Å². The Morgan fingerprint density at radius 2 is 1.72 bits per heavy atom. The molecular formula is C26H27NO2. The molecule has 0 aromatic heterocycles. The first-order chi connectivity index (χ1) is 14.2. The second-order valence-electron chi connectivity index (χ2n) is 7.05. The number of nitrogens with one attached hydrogen (secondary N) is 1. The lowest BCUT2D eigenvalue weighted by Crippen LogP contribution is -2.25. The Morgan fingerprint density at radius 3 is 2.41 bits per heavy atom. The number of amides is 1. The molecule has 0 heterocycles. The highest BCUT2D eigenvalue weighted by atomic mass is 16.5. The summed E-state index contributed by atoms with van der Waals surface area (Å²) in [6.45, 7) is 2.74. The highest BCUT2D eigenvalue weighted by Gasteiger charge is 2.11. The maximum atomic E-state index is 12.9. The van der Waals surface area contributed by atoms with Crippen molar-refractivity contribution in [1.82, 2.24) is 5.32 Å². The highest BCUT2D eigenvalue weighted by Crippen LogP contribution is 2.20. The zero-order valence-corrected chi connectivity index (χ0v) is 17.0. The number of hydrogen-bond donors (Lipinski definition) is 1. The fourth-order valence-corrected chi connectivity index (χ4v) is 3.22. The largest absolute Gasteiger partial charge is 0.497 e. The van der Waals surface area contributed by atoms with E-state index in [1.165, 1.54) is 11.1 Å². The Bertz CT molecular complexity index is 960. The highest BCUT2D eigenvalue weighted by molar-refractivity contribution is 6.24. The van der Waals surface area contributed by atoms with Gasteiger partial charge in [0.2, 0.25) is 0 Å². The molecule has 148 valence electrons. The van der Waals surface area contributed by atoms with Crippen LogP contribution in [-0.2, 0) is 11.2 Å². The van der Waals surface area contributed by atoms with Crippen LogP contribution in [0.2, 0.25) is 0 Å². The molecule has 3 heteroatoms. The fourth-order valence-electron chi connectivity index (χ4n) is 3.22. The third-order valence-corrected chi connectivity index (χ3v) is 4.77. The van der Waals surface area contributed by atoms with Crippen LogP contribution < -0.4 is 10.1 Å². The summed E-state index contributed by atoms with van der Waals surface area (Å²) in [6, 6.07) is 26.0. The van der Waals surface area contributed by atoms with Gasteiger partial charge in [0.05, 0.1) is 7.11 Å². The number of hydrogen-bond acceptors (Lipinski definition) is 2. The zero-order valence-electron chi connectivity index (χ0n) is 17.0. The molecule has 3 rings (SSSR count). The average Bonchev–Trinajstić information content (AvgIpc) is 2.76. The van der Waals surface area contributed by atoms with Crippen LogP contribution in [0.4, 0.5) is 0 Å². The molecule has 0 aliphatic rings. The Labute approximate surface area is 173 Å². The lowest BCUT2D eigenvalue weighted by Gasteiger charge is -2.10. The molecule has 0 spiro atoms. The van der Waals surface area contributed by atoms with Crippen molar-refractivity contribution in [1.29, 1.82) is 0 Å². The quantitative estimate of drug-likeness (QED) is 0.325. The summed E-state index contributed by atoms with van der Waals surface area (Å²) in [5.41, 5.74) is 5.09. The second-order valence-corrected chi connectivity index (χ2v) is 7.05. The van der Waals surface area contributed by atoms with E-state index in [9.17, 15) is 4.79 Å². The fraction of sp³-hybridized carbons (Fsp3) is 0.192. The summed E-state index contributed by atoms with van der Waals surface area (Å²) in [4.78, 5) is 12.9. The van der Waals surface area contributed by atoms with Gasteiger partial charge in [-0.1, -0.05) is 72.3 Å². The summed E-state index contributed by atoms with van der Waals surface area (Å²) in [6.07, 6.45) is 3.77. The maximum absolute atomic E-state index is 12.9. The summed E-state index contributed by atoms with van der Waals surface area (Å²) < 4.78 is 5.22. The number of carbonyl (C=O) groups is 1. The monoisotopic (exact) mass is 385 g/mol. The van der Waals surface area contributed by atoms with Crippen molar-refractivity contribution >= 4 is 17.6 Å². The minimum atomic E-state index is -0.0590. The van der Waals surface area contributed by atoms with E-state index in [0.717, 1.165) is 29.7 Å². The summed E-state index contributed by atoms with van der Waals surface area (Å²) in [5.74, 6) is 0.736. The van der Waals surface area contributed by atoms with Crippen LogP contribution in [0.15, 0.2) is 78.9 Å². The molecule has 3 aromatic carbocycles. The zero-order chi connectivity index (χ0) is 20.5. The normalized spacial score (nSPS) is 11.2. The minimum absolute atomic E-state index is 0.0590. The molecule has 29 heavy (non-hydrogen) atoms. The first-order valence-electron chi connectivity index (χ1n) is 9.90. The van der Waals surface area contributed by atoms with E-state index in [4.69, 9.17) is 4.74 Å². The Morgan fingerprint density at radius 1 is 0.966 bits per heavy atom. The van der Waals surface area contributed by atoms with Gasteiger partial charge in [-0.15, -0.1) is 0 Å². The second kappa shape index (κ2) is 10.3. The SMILES string of the molecule is COc1ccc(/C=C(/C(=O)NCCCc2cccc(C)c2)c2ccccc2)cc1. The van der Waals surface area contributed by atoms with E-state index in [-0.39, 0.29) is 5.91 Å². The van der Waals surface area contributed by atoms with Gasteiger partial charge in [0.15, 0.2) is 0 Å². The number of aryl methyl sites for hydroxylation is 2. The van der Waals surface area contributed by atoms with Crippen molar-refractivity contribution in [3.8, 4) is 5.75 Å². The Hall–Kier alpha value is -3.33. The van der Waals surface area contributed by atoms with E-state index in [1.807, 2.05) is 60.7 Å². The van der Waals surface area contributed by atoms with Crippen molar-refractivity contribution in [2.45, 2.75) is 19.8 Å². The molecule has 0 saturated carbocycles. The van der Waals surface area contributed by atoms with Crippen molar-refractivity contribution in [3.63, 3.8) is 0 Å². The molecule has 1 amide bonds. The van der Waals surface area contributed by atoms with E-state index < -0.39 is 0 Å². The van der Waals surface area contributed by atoms with Crippen LogP contribution in [0.25, 0.3) is 11.6 Å². The van der Waals surface area contributed by atoms with E-state index in [0.29, 0.717) is 12.1 Å². The molecular weight excluding hydrogens is 358 g/mol. The van der Waals surface area contributed by atoms with Gasteiger partial charge in [-0.25, -0.2) is 0 Å². The van der Waals surface area contributed by atoms with Gasteiger partial charge in [-0.3, -0.25) is 4.79 Å². The summed E-state index contributed by atoms with van der Waals surface area (Å²) in [5, 5.41) is 3.08. The third-order valence-electron chi connectivity index (χ3n) is 4.77. The number of ether oxygens (including phenoxy) is 1. The Kier molecular flexibility index (Phi) is 7.23. The molecule has 0 radical (unpaired) electrons. The standard InChI is InChI=1S/C26H27NO2/c1-20-8-6-9-21(18-20)10-7-17-27-26(28)25(23-11-4-3-5-12-23)19-22-13-15-24(29-2)16-14-22/h3-6,8-9,11-16,18-19H,7,10,17H2,1-2H3,(H,27,28)/b25-19+. The van der Waals surface area contributed by atoms with Crippen molar-refractivity contribution in [2.75, 3.05) is 13.7 Å². The predicted octanol–water partition coefficient (Wildman–Crippen LogP) is 5.29. The van der Waals surface area contributed by atoms with Crippen LogP contribution in [0.3, 0.4) is 0 Å². The molecule has 0 aliphatic heterocycles. The number of methoxy groups -OCH3 is 1. The van der Waals surface area contributed by atoms with E-state index >= 15 is 0 Å². The molecule has 1 N–H and O–H groups in total. The molecule has 0 atom stereocenters.